The normalized spacial score (nSPS) is 21.8. The molecule has 184 valence electrons. The molecule has 0 bridgehead atoms. The smallest absolute Gasteiger partial charge is 0.122 e. The number of aldehydes is 1. The minimum Gasteiger partial charge on any atom is -0.317 e. The SMILES string of the molecule is C1CCCCC1.CC(C)c1cnn(C2CCN(C3CCNCC3)CC2)c1.CCC(C)C=O. The Morgan fingerprint density at radius 2 is 1.53 bits per heavy atom. The van der Waals surface area contributed by atoms with Gasteiger partial charge in [0.2, 0.25) is 0 Å². The van der Waals surface area contributed by atoms with Crippen LogP contribution in [0.1, 0.15) is 116 Å². The molecule has 1 atom stereocenters. The van der Waals surface area contributed by atoms with Crippen molar-refractivity contribution in [1.82, 2.24) is 20.0 Å². The number of hydrogen-bond donors (Lipinski definition) is 1. The van der Waals surface area contributed by atoms with Gasteiger partial charge in [-0.1, -0.05) is 66.2 Å². The van der Waals surface area contributed by atoms with Gasteiger partial charge < -0.3 is 15.0 Å². The number of carbonyl (C=O) groups excluding carboxylic acids is 1. The highest BCUT2D eigenvalue weighted by Crippen LogP contribution is 2.26. The van der Waals surface area contributed by atoms with Crippen LogP contribution in [0.15, 0.2) is 12.4 Å². The van der Waals surface area contributed by atoms with E-state index in [9.17, 15) is 4.79 Å². The number of aromatic nitrogens is 2. The number of piperidine rings is 2. The molecule has 1 aliphatic carbocycles. The van der Waals surface area contributed by atoms with E-state index < -0.39 is 0 Å². The van der Waals surface area contributed by atoms with Crippen molar-refractivity contribution in [2.75, 3.05) is 26.2 Å². The number of carbonyl (C=O) groups is 1. The first-order valence-electron chi connectivity index (χ1n) is 13.5. The number of rotatable bonds is 5. The van der Waals surface area contributed by atoms with Crippen molar-refractivity contribution in [3.8, 4) is 0 Å². The summed E-state index contributed by atoms with van der Waals surface area (Å²) in [4.78, 5) is 12.4. The van der Waals surface area contributed by atoms with Gasteiger partial charge in [-0.05, 0) is 56.7 Å². The Balaban J connectivity index is 0.000000248. The maximum atomic E-state index is 9.74. The minimum absolute atomic E-state index is 0.255. The number of likely N-dealkylation sites (tertiary alicyclic amines) is 1. The van der Waals surface area contributed by atoms with Crippen molar-refractivity contribution in [3.05, 3.63) is 18.0 Å². The lowest BCUT2D eigenvalue weighted by atomic mass is 9.98. The van der Waals surface area contributed by atoms with Gasteiger partial charge in [-0.2, -0.15) is 5.10 Å². The highest BCUT2D eigenvalue weighted by molar-refractivity contribution is 5.52. The second-order valence-corrected chi connectivity index (χ2v) is 10.3. The molecule has 1 unspecified atom stereocenters. The van der Waals surface area contributed by atoms with Crippen molar-refractivity contribution in [2.45, 2.75) is 116 Å². The van der Waals surface area contributed by atoms with Crippen LogP contribution in [0.5, 0.6) is 0 Å². The van der Waals surface area contributed by atoms with E-state index in [0.29, 0.717) is 12.0 Å². The zero-order valence-corrected chi connectivity index (χ0v) is 21.4. The zero-order valence-electron chi connectivity index (χ0n) is 21.4. The van der Waals surface area contributed by atoms with Crippen LogP contribution in [-0.4, -0.2) is 53.2 Å². The maximum absolute atomic E-state index is 9.74. The molecule has 5 heteroatoms. The van der Waals surface area contributed by atoms with Gasteiger partial charge in [-0.15, -0.1) is 0 Å². The summed E-state index contributed by atoms with van der Waals surface area (Å²) in [5, 5.41) is 8.05. The molecular weight excluding hydrogens is 396 g/mol. The van der Waals surface area contributed by atoms with Crippen LogP contribution in [0.3, 0.4) is 0 Å². The number of nitrogens with one attached hydrogen (secondary N) is 1. The molecule has 4 rings (SSSR count). The van der Waals surface area contributed by atoms with Gasteiger partial charge in [0.05, 0.1) is 12.2 Å². The van der Waals surface area contributed by atoms with Crippen LogP contribution in [-0.2, 0) is 4.79 Å². The first-order valence-corrected chi connectivity index (χ1v) is 13.5. The zero-order chi connectivity index (χ0) is 23.2. The lowest BCUT2D eigenvalue weighted by molar-refractivity contribution is -0.110. The van der Waals surface area contributed by atoms with Gasteiger partial charge in [0.1, 0.15) is 6.29 Å². The second-order valence-electron chi connectivity index (χ2n) is 10.3. The van der Waals surface area contributed by atoms with Crippen LogP contribution in [0.25, 0.3) is 0 Å². The topological polar surface area (TPSA) is 50.2 Å². The Labute approximate surface area is 197 Å². The summed E-state index contributed by atoms with van der Waals surface area (Å²) < 4.78 is 2.22. The number of nitrogens with zero attached hydrogens (tertiary/aromatic N) is 3. The van der Waals surface area contributed by atoms with Crippen LogP contribution in [0.2, 0.25) is 0 Å². The summed E-state index contributed by atoms with van der Waals surface area (Å²) in [5.41, 5.74) is 1.37. The summed E-state index contributed by atoms with van der Waals surface area (Å²) >= 11 is 0. The molecule has 3 aliphatic rings. The summed E-state index contributed by atoms with van der Waals surface area (Å²) in [6.45, 7) is 13.3. The van der Waals surface area contributed by atoms with Gasteiger partial charge in [0, 0.05) is 31.2 Å². The van der Waals surface area contributed by atoms with Crippen molar-refractivity contribution in [1.29, 1.82) is 0 Å². The number of hydrogen-bond acceptors (Lipinski definition) is 4. The highest BCUT2D eigenvalue weighted by Gasteiger charge is 2.27. The van der Waals surface area contributed by atoms with Gasteiger partial charge in [-0.25, -0.2) is 0 Å². The Hall–Kier alpha value is -1.20. The maximum Gasteiger partial charge on any atom is 0.122 e. The lowest BCUT2D eigenvalue weighted by Crippen LogP contribution is -2.46. The first-order chi connectivity index (χ1) is 15.5. The third-order valence-corrected chi connectivity index (χ3v) is 7.36. The van der Waals surface area contributed by atoms with E-state index in [4.69, 9.17) is 0 Å². The predicted molar refractivity (Wildman–Crippen MR) is 135 cm³/mol. The molecule has 1 N–H and O–H groups in total. The Bertz CT molecular complexity index is 585. The van der Waals surface area contributed by atoms with E-state index in [1.807, 2.05) is 20.0 Å². The summed E-state index contributed by atoms with van der Waals surface area (Å²) in [5.74, 6) is 0.837. The summed E-state index contributed by atoms with van der Waals surface area (Å²) in [6, 6.07) is 1.43. The quantitative estimate of drug-likeness (QED) is 0.566. The molecule has 5 nitrogen and oxygen atoms in total. The van der Waals surface area contributed by atoms with E-state index in [2.05, 4.69) is 40.0 Å². The van der Waals surface area contributed by atoms with E-state index in [-0.39, 0.29) is 5.92 Å². The molecule has 1 saturated carbocycles. The standard InChI is InChI=1S/C16H28N4.C6H12.C5H10O/c1-13(2)14-11-18-20(12-14)16-5-9-19(10-6-16)15-3-7-17-8-4-15;1-2-4-6-5-3-1;1-3-5(2)4-6/h11-13,15-17H,3-10H2,1-2H3;1-6H2;4-5H,3H2,1-2H3. The van der Waals surface area contributed by atoms with Gasteiger partial charge >= 0.3 is 0 Å². The van der Waals surface area contributed by atoms with E-state index >= 15 is 0 Å². The van der Waals surface area contributed by atoms with Gasteiger partial charge in [-0.3, -0.25) is 4.68 Å². The third kappa shape index (κ3) is 9.74. The predicted octanol–water partition coefficient (Wildman–Crippen LogP) is 5.97. The van der Waals surface area contributed by atoms with Crippen molar-refractivity contribution < 1.29 is 4.79 Å². The molecular formula is C27H50N4O. The molecule has 1 aromatic heterocycles. The second kappa shape index (κ2) is 15.6. The fraction of sp³-hybridized carbons (Fsp3) is 0.852. The average Bonchev–Trinajstić information content (AvgIpc) is 3.37. The van der Waals surface area contributed by atoms with E-state index in [1.165, 1.54) is 96.0 Å². The summed E-state index contributed by atoms with van der Waals surface area (Å²) in [6.07, 6.45) is 20.4. The average molecular weight is 447 g/mol. The van der Waals surface area contributed by atoms with Crippen molar-refractivity contribution in [3.63, 3.8) is 0 Å². The summed E-state index contributed by atoms with van der Waals surface area (Å²) in [7, 11) is 0. The fourth-order valence-electron chi connectivity index (χ4n) is 4.69. The monoisotopic (exact) mass is 446 g/mol. The molecule has 3 heterocycles. The molecule has 0 spiro atoms. The van der Waals surface area contributed by atoms with Crippen molar-refractivity contribution in [2.24, 2.45) is 5.92 Å². The Morgan fingerprint density at radius 3 is 1.94 bits per heavy atom. The van der Waals surface area contributed by atoms with Crippen LogP contribution in [0.4, 0.5) is 0 Å². The fourth-order valence-corrected chi connectivity index (χ4v) is 4.69. The van der Waals surface area contributed by atoms with E-state index in [0.717, 1.165) is 18.7 Å². The molecule has 32 heavy (non-hydrogen) atoms. The molecule has 0 amide bonds. The Kier molecular flexibility index (Phi) is 13.2. The molecule has 0 radical (unpaired) electrons. The van der Waals surface area contributed by atoms with Crippen LogP contribution in [0, 0.1) is 5.92 Å². The largest absolute Gasteiger partial charge is 0.317 e. The van der Waals surface area contributed by atoms with Crippen LogP contribution < -0.4 is 5.32 Å². The molecule has 2 aliphatic heterocycles. The van der Waals surface area contributed by atoms with Gasteiger partial charge in [0.15, 0.2) is 0 Å². The molecule has 2 saturated heterocycles. The van der Waals surface area contributed by atoms with Crippen molar-refractivity contribution >= 4 is 6.29 Å². The Morgan fingerprint density at radius 1 is 0.969 bits per heavy atom. The molecule has 3 fully saturated rings. The first kappa shape index (κ1) is 27.0. The third-order valence-electron chi connectivity index (χ3n) is 7.36. The van der Waals surface area contributed by atoms with Gasteiger partial charge in [0.25, 0.3) is 0 Å². The minimum atomic E-state index is 0.255. The highest BCUT2D eigenvalue weighted by atomic mass is 16.1. The molecule has 1 aromatic rings. The van der Waals surface area contributed by atoms with E-state index in [1.54, 1.807) is 0 Å². The molecule has 0 aromatic carbocycles. The van der Waals surface area contributed by atoms with Crippen LogP contribution >= 0.6 is 0 Å². The lowest BCUT2D eigenvalue weighted by Gasteiger charge is -2.39.